The summed E-state index contributed by atoms with van der Waals surface area (Å²) in [5.41, 5.74) is 0.730. The van der Waals surface area contributed by atoms with Gasteiger partial charge in [0, 0.05) is 24.7 Å². The van der Waals surface area contributed by atoms with E-state index in [1.807, 2.05) is 0 Å². The predicted molar refractivity (Wildman–Crippen MR) is 75.7 cm³/mol. The van der Waals surface area contributed by atoms with Crippen molar-refractivity contribution in [3.63, 3.8) is 0 Å². The van der Waals surface area contributed by atoms with Crippen molar-refractivity contribution in [2.75, 3.05) is 19.6 Å². The van der Waals surface area contributed by atoms with Gasteiger partial charge in [0.25, 0.3) is 0 Å². The molecule has 1 aromatic carbocycles. The van der Waals surface area contributed by atoms with Crippen LogP contribution in [0.25, 0.3) is 0 Å². The molecule has 2 aliphatic rings. The van der Waals surface area contributed by atoms with E-state index in [0.717, 1.165) is 18.2 Å². The molecule has 20 heavy (non-hydrogen) atoms. The molecule has 0 saturated carbocycles. The SMILES string of the molecule is Fc1cc(F)cc(CCNC2CCN3CCCCC23)c1. The quantitative estimate of drug-likeness (QED) is 0.912. The van der Waals surface area contributed by atoms with Crippen LogP contribution in [0.2, 0.25) is 0 Å². The molecule has 0 aliphatic carbocycles. The Morgan fingerprint density at radius 2 is 1.85 bits per heavy atom. The fourth-order valence-corrected chi connectivity index (χ4v) is 3.64. The first-order chi connectivity index (χ1) is 9.72. The molecule has 2 saturated heterocycles. The van der Waals surface area contributed by atoms with Crippen molar-refractivity contribution in [2.24, 2.45) is 0 Å². The Kier molecular flexibility index (Phi) is 4.32. The number of fused-ring (bicyclic) bond motifs is 1. The lowest BCUT2D eigenvalue weighted by Crippen LogP contribution is -2.45. The summed E-state index contributed by atoms with van der Waals surface area (Å²) in [6.45, 7) is 3.22. The zero-order chi connectivity index (χ0) is 13.9. The summed E-state index contributed by atoms with van der Waals surface area (Å²) in [5.74, 6) is -0.973. The van der Waals surface area contributed by atoms with E-state index in [1.165, 1.54) is 50.9 Å². The van der Waals surface area contributed by atoms with E-state index in [9.17, 15) is 8.78 Å². The minimum Gasteiger partial charge on any atom is -0.312 e. The second kappa shape index (κ2) is 6.19. The lowest BCUT2D eigenvalue weighted by molar-refractivity contribution is 0.181. The monoisotopic (exact) mass is 280 g/mol. The molecule has 0 radical (unpaired) electrons. The van der Waals surface area contributed by atoms with Crippen LogP contribution in [0, 0.1) is 11.6 Å². The second-order valence-corrected chi connectivity index (χ2v) is 5.98. The molecule has 110 valence electrons. The number of piperidine rings is 1. The Bertz CT molecular complexity index is 444. The van der Waals surface area contributed by atoms with Gasteiger partial charge in [-0.25, -0.2) is 8.78 Å². The fraction of sp³-hybridized carbons (Fsp3) is 0.625. The number of nitrogens with one attached hydrogen (secondary N) is 1. The van der Waals surface area contributed by atoms with Gasteiger partial charge in [0.15, 0.2) is 0 Å². The molecule has 0 aromatic heterocycles. The largest absolute Gasteiger partial charge is 0.312 e. The standard InChI is InChI=1S/C16H22F2N2/c17-13-9-12(10-14(18)11-13)4-6-19-15-5-8-20-7-2-1-3-16(15)20/h9-11,15-16,19H,1-8H2. The van der Waals surface area contributed by atoms with Crippen molar-refractivity contribution in [1.82, 2.24) is 10.2 Å². The summed E-state index contributed by atoms with van der Waals surface area (Å²) in [6.07, 6.45) is 5.81. The molecule has 2 nitrogen and oxygen atoms in total. The molecular formula is C16H22F2N2. The highest BCUT2D eigenvalue weighted by atomic mass is 19.1. The van der Waals surface area contributed by atoms with Gasteiger partial charge in [-0.2, -0.15) is 0 Å². The van der Waals surface area contributed by atoms with Crippen molar-refractivity contribution in [3.05, 3.63) is 35.4 Å². The maximum atomic E-state index is 13.1. The predicted octanol–water partition coefficient (Wildman–Crippen LogP) is 2.72. The smallest absolute Gasteiger partial charge is 0.126 e. The maximum absolute atomic E-state index is 13.1. The fourth-order valence-electron chi connectivity index (χ4n) is 3.64. The van der Waals surface area contributed by atoms with Crippen molar-refractivity contribution < 1.29 is 8.78 Å². The van der Waals surface area contributed by atoms with E-state index in [0.29, 0.717) is 18.5 Å². The van der Waals surface area contributed by atoms with Gasteiger partial charge in [0.1, 0.15) is 11.6 Å². The second-order valence-electron chi connectivity index (χ2n) is 5.98. The van der Waals surface area contributed by atoms with Gasteiger partial charge >= 0.3 is 0 Å². The van der Waals surface area contributed by atoms with Gasteiger partial charge in [-0.3, -0.25) is 4.90 Å². The topological polar surface area (TPSA) is 15.3 Å². The van der Waals surface area contributed by atoms with E-state index in [4.69, 9.17) is 0 Å². The summed E-state index contributed by atoms with van der Waals surface area (Å²) in [4.78, 5) is 2.59. The van der Waals surface area contributed by atoms with Crippen molar-refractivity contribution >= 4 is 0 Å². The molecule has 2 heterocycles. The highest BCUT2D eigenvalue weighted by Crippen LogP contribution is 2.27. The first-order valence-corrected chi connectivity index (χ1v) is 7.65. The summed E-state index contributed by atoms with van der Waals surface area (Å²) < 4.78 is 26.2. The molecule has 2 unspecified atom stereocenters. The minimum absolute atomic E-state index is 0.487. The Morgan fingerprint density at radius 1 is 1.05 bits per heavy atom. The maximum Gasteiger partial charge on any atom is 0.126 e. The van der Waals surface area contributed by atoms with Crippen molar-refractivity contribution in [2.45, 2.75) is 44.2 Å². The zero-order valence-corrected chi connectivity index (χ0v) is 11.7. The third kappa shape index (κ3) is 3.18. The van der Waals surface area contributed by atoms with E-state index in [-0.39, 0.29) is 0 Å². The number of hydrogen-bond donors (Lipinski definition) is 1. The Balaban J connectivity index is 1.50. The van der Waals surface area contributed by atoms with Gasteiger partial charge in [0.2, 0.25) is 0 Å². The van der Waals surface area contributed by atoms with Gasteiger partial charge in [0.05, 0.1) is 0 Å². The van der Waals surface area contributed by atoms with Gasteiger partial charge in [-0.1, -0.05) is 6.42 Å². The number of benzene rings is 1. The van der Waals surface area contributed by atoms with Crippen LogP contribution in [0.3, 0.4) is 0 Å². The summed E-state index contributed by atoms with van der Waals surface area (Å²) in [6, 6.07) is 4.99. The molecular weight excluding hydrogens is 258 g/mol. The van der Waals surface area contributed by atoms with Crippen LogP contribution in [0.1, 0.15) is 31.2 Å². The zero-order valence-electron chi connectivity index (χ0n) is 11.7. The third-order valence-corrected chi connectivity index (χ3v) is 4.60. The van der Waals surface area contributed by atoms with Crippen LogP contribution in [0.15, 0.2) is 18.2 Å². The molecule has 2 aliphatic heterocycles. The molecule has 4 heteroatoms. The number of halogens is 2. The van der Waals surface area contributed by atoms with E-state index in [2.05, 4.69) is 10.2 Å². The molecule has 0 spiro atoms. The highest BCUT2D eigenvalue weighted by Gasteiger charge is 2.34. The van der Waals surface area contributed by atoms with Gasteiger partial charge in [-0.15, -0.1) is 0 Å². The molecule has 0 amide bonds. The van der Waals surface area contributed by atoms with Crippen LogP contribution in [0.4, 0.5) is 8.78 Å². The van der Waals surface area contributed by atoms with Crippen molar-refractivity contribution in [1.29, 1.82) is 0 Å². The molecule has 2 fully saturated rings. The first-order valence-electron chi connectivity index (χ1n) is 7.65. The van der Waals surface area contributed by atoms with Gasteiger partial charge in [-0.05, 0) is 56.5 Å². The van der Waals surface area contributed by atoms with E-state index < -0.39 is 11.6 Å². The first kappa shape index (κ1) is 14.0. The normalized spacial score (nSPS) is 26.7. The Hall–Kier alpha value is -1.00. The highest BCUT2D eigenvalue weighted by molar-refractivity contribution is 5.18. The van der Waals surface area contributed by atoms with Crippen molar-refractivity contribution in [3.8, 4) is 0 Å². The molecule has 1 aromatic rings. The Morgan fingerprint density at radius 3 is 2.65 bits per heavy atom. The van der Waals surface area contributed by atoms with Crippen LogP contribution in [-0.4, -0.2) is 36.6 Å². The molecule has 2 atom stereocenters. The van der Waals surface area contributed by atoms with Gasteiger partial charge < -0.3 is 5.32 Å². The number of nitrogens with zero attached hydrogens (tertiary/aromatic N) is 1. The summed E-state index contributed by atoms with van der Waals surface area (Å²) in [7, 11) is 0. The molecule has 0 bridgehead atoms. The molecule has 3 rings (SSSR count). The summed E-state index contributed by atoms with van der Waals surface area (Å²) in [5, 5.41) is 3.58. The minimum atomic E-state index is -0.487. The van der Waals surface area contributed by atoms with Crippen LogP contribution in [-0.2, 0) is 6.42 Å². The van der Waals surface area contributed by atoms with Crippen LogP contribution < -0.4 is 5.32 Å². The number of rotatable bonds is 4. The van der Waals surface area contributed by atoms with E-state index >= 15 is 0 Å². The average molecular weight is 280 g/mol. The molecule has 1 N–H and O–H groups in total. The lowest BCUT2D eigenvalue weighted by atomic mass is 9.99. The van der Waals surface area contributed by atoms with Crippen LogP contribution in [0.5, 0.6) is 0 Å². The van der Waals surface area contributed by atoms with Crippen LogP contribution >= 0.6 is 0 Å². The third-order valence-electron chi connectivity index (χ3n) is 4.60. The summed E-state index contributed by atoms with van der Waals surface area (Å²) >= 11 is 0. The number of hydrogen-bond acceptors (Lipinski definition) is 2. The average Bonchev–Trinajstić information content (AvgIpc) is 2.81. The lowest BCUT2D eigenvalue weighted by Gasteiger charge is -2.32. The van der Waals surface area contributed by atoms with E-state index in [1.54, 1.807) is 0 Å². The Labute approximate surface area is 119 Å².